The van der Waals surface area contributed by atoms with Crippen LogP contribution in [0.1, 0.15) is 18.1 Å². The van der Waals surface area contributed by atoms with Gasteiger partial charge in [0.15, 0.2) is 0 Å². The summed E-state index contributed by atoms with van der Waals surface area (Å²) < 4.78 is 50.8. The van der Waals surface area contributed by atoms with E-state index in [0.29, 0.717) is 5.56 Å². The zero-order valence-electron chi connectivity index (χ0n) is 11.8. The lowest BCUT2D eigenvalue weighted by molar-refractivity contribution is -0.151. The number of imide groups is 1. The molecule has 0 aromatic heterocycles. The van der Waals surface area contributed by atoms with Gasteiger partial charge in [-0.15, -0.1) is 0 Å². The first kappa shape index (κ1) is 16.7. The van der Waals surface area contributed by atoms with Crippen LogP contribution in [0, 0.1) is 11.3 Å². The molecule has 1 aliphatic rings. The van der Waals surface area contributed by atoms with Crippen LogP contribution in [0.3, 0.4) is 0 Å². The van der Waals surface area contributed by atoms with Crippen molar-refractivity contribution < 1.29 is 27.2 Å². The van der Waals surface area contributed by atoms with E-state index in [1.54, 1.807) is 0 Å². The number of alkyl halides is 4. The molecule has 1 saturated heterocycles. The maximum absolute atomic E-state index is 13.1. The van der Waals surface area contributed by atoms with Crippen LogP contribution < -0.4 is 5.32 Å². The Bertz CT molecular complexity index is 684. The monoisotopic (exact) mass is 329 g/mol. The summed E-state index contributed by atoms with van der Waals surface area (Å²) in [6.07, 6.45) is -4.00. The van der Waals surface area contributed by atoms with E-state index in [0.717, 1.165) is 0 Å². The molecule has 0 radical (unpaired) electrons. The molecule has 1 fully saturated rings. The highest BCUT2D eigenvalue weighted by molar-refractivity contribution is 6.07. The maximum Gasteiger partial charge on any atom is 0.325 e. The van der Waals surface area contributed by atoms with Crippen LogP contribution in [-0.2, 0) is 10.3 Å². The highest BCUT2D eigenvalue weighted by Gasteiger charge is 2.54. The predicted molar refractivity (Wildman–Crippen MR) is 69.7 cm³/mol. The summed E-state index contributed by atoms with van der Waals surface area (Å²) in [4.78, 5) is 24.1. The fourth-order valence-electron chi connectivity index (χ4n) is 2.19. The van der Waals surface area contributed by atoms with Crippen molar-refractivity contribution in [2.75, 3.05) is 6.54 Å². The molecule has 3 amide bonds. The number of rotatable bonds is 4. The summed E-state index contributed by atoms with van der Waals surface area (Å²) in [6.45, 7) is -0.434. The van der Waals surface area contributed by atoms with Crippen molar-refractivity contribution in [1.29, 1.82) is 5.26 Å². The molecule has 23 heavy (non-hydrogen) atoms. The van der Waals surface area contributed by atoms with Crippen molar-refractivity contribution in [1.82, 2.24) is 10.2 Å². The van der Waals surface area contributed by atoms with Gasteiger partial charge in [0, 0.05) is 0 Å². The third-order valence-corrected chi connectivity index (χ3v) is 3.55. The summed E-state index contributed by atoms with van der Waals surface area (Å²) in [7, 11) is 0. The zero-order valence-corrected chi connectivity index (χ0v) is 11.8. The molecule has 1 N–H and O–H groups in total. The van der Waals surface area contributed by atoms with Crippen molar-refractivity contribution in [3.63, 3.8) is 0 Å². The van der Waals surface area contributed by atoms with Gasteiger partial charge in [0.2, 0.25) is 0 Å². The number of urea groups is 1. The van der Waals surface area contributed by atoms with Crippen molar-refractivity contribution in [2.45, 2.75) is 24.8 Å². The third kappa shape index (κ3) is 2.84. The van der Waals surface area contributed by atoms with Crippen molar-refractivity contribution >= 4 is 11.9 Å². The largest absolute Gasteiger partial charge is 0.325 e. The van der Waals surface area contributed by atoms with Gasteiger partial charge in [-0.2, -0.15) is 14.0 Å². The second-order valence-electron chi connectivity index (χ2n) is 5.20. The third-order valence-electron chi connectivity index (χ3n) is 3.55. The van der Waals surface area contributed by atoms with E-state index < -0.39 is 36.4 Å². The summed E-state index contributed by atoms with van der Waals surface area (Å²) in [5.41, 5.74) is -1.11. The Hall–Kier alpha value is -2.63. The van der Waals surface area contributed by atoms with Gasteiger partial charge < -0.3 is 5.32 Å². The van der Waals surface area contributed by atoms with Gasteiger partial charge in [0.1, 0.15) is 12.1 Å². The van der Waals surface area contributed by atoms with Crippen molar-refractivity contribution in [2.24, 2.45) is 0 Å². The number of nitriles is 1. The molecule has 5 nitrogen and oxygen atoms in total. The van der Waals surface area contributed by atoms with Gasteiger partial charge in [-0.1, -0.05) is 12.1 Å². The molecular formula is C14H11F4N3O2. The topological polar surface area (TPSA) is 73.2 Å². The summed E-state index contributed by atoms with van der Waals surface area (Å²) >= 11 is 0. The van der Waals surface area contributed by atoms with Crippen LogP contribution in [0.5, 0.6) is 0 Å². The van der Waals surface area contributed by atoms with Gasteiger partial charge in [-0.05, 0) is 24.6 Å². The quantitative estimate of drug-likeness (QED) is 0.680. The minimum absolute atomic E-state index is 0.0738. The Morgan fingerprint density at radius 2 is 1.87 bits per heavy atom. The molecule has 0 saturated carbocycles. The standard InChI is InChI=1S/C14H11F4N3O2/c1-13(9-4-2-8(6-19)3-5-9)11(22)21(12(23)20-13)7-14(17,18)10(15)16/h2-5,10H,7H2,1H3,(H,20,23)/t13-/m0/s1. The molecule has 1 aromatic carbocycles. The number of amides is 3. The minimum atomic E-state index is -4.50. The number of hydrogen-bond donors (Lipinski definition) is 1. The number of hydrogen-bond acceptors (Lipinski definition) is 3. The Labute approximate surface area is 128 Å². The van der Waals surface area contributed by atoms with Gasteiger partial charge in [0.05, 0.1) is 11.6 Å². The SMILES string of the molecule is C[C@@]1(c2ccc(C#N)cc2)NC(=O)N(CC(F)(F)C(F)F)C1=O. The number of carbonyl (C=O) groups is 2. The first-order valence-electron chi connectivity index (χ1n) is 6.42. The Morgan fingerprint density at radius 1 is 1.30 bits per heavy atom. The summed E-state index contributed by atoms with van der Waals surface area (Å²) in [5, 5.41) is 10.9. The van der Waals surface area contributed by atoms with E-state index in [9.17, 15) is 27.2 Å². The van der Waals surface area contributed by atoms with Crippen LogP contribution in [-0.4, -0.2) is 35.7 Å². The Balaban J connectivity index is 2.31. The Morgan fingerprint density at radius 3 is 2.35 bits per heavy atom. The van der Waals surface area contributed by atoms with Crippen LogP contribution in [0.15, 0.2) is 24.3 Å². The number of nitrogens with one attached hydrogen (secondary N) is 1. The lowest BCUT2D eigenvalue weighted by Gasteiger charge is -2.24. The fourth-order valence-corrected chi connectivity index (χ4v) is 2.19. The van der Waals surface area contributed by atoms with Gasteiger partial charge in [0.25, 0.3) is 5.91 Å². The number of carbonyl (C=O) groups excluding carboxylic acids is 2. The maximum atomic E-state index is 13.1. The molecule has 0 aliphatic carbocycles. The van der Waals surface area contributed by atoms with Gasteiger partial charge in [-0.25, -0.2) is 13.6 Å². The second kappa shape index (κ2) is 5.53. The van der Waals surface area contributed by atoms with Crippen molar-refractivity contribution in [3.05, 3.63) is 35.4 Å². The second-order valence-corrected chi connectivity index (χ2v) is 5.20. The molecule has 2 rings (SSSR count). The van der Waals surface area contributed by atoms with Crippen LogP contribution in [0.2, 0.25) is 0 Å². The highest BCUT2D eigenvalue weighted by atomic mass is 19.3. The molecule has 1 heterocycles. The van der Waals surface area contributed by atoms with Crippen LogP contribution >= 0.6 is 0 Å². The molecule has 1 atom stereocenters. The molecule has 1 aliphatic heterocycles. The van der Waals surface area contributed by atoms with E-state index in [-0.39, 0.29) is 10.5 Å². The van der Waals surface area contributed by atoms with Crippen LogP contribution in [0.4, 0.5) is 22.4 Å². The number of nitrogens with zero attached hydrogens (tertiary/aromatic N) is 2. The van der Waals surface area contributed by atoms with E-state index in [1.165, 1.54) is 31.2 Å². The average Bonchev–Trinajstić information content (AvgIpc) is 2.71. The van der Waals surface area contributed by atoms with E-state index in [2.05, 4.69) is 5.32 Å². The van der Waals surface area contributed by atoms with Crippen LogP contribution in [0.25, 0.3) is 0 Å². The minimum Gasteiger partial charge on any atom is -0.319 e. The molecular weight excluding hydrogens is 318 g/mol. The average molecular weight is 329 g/mol. The normalized spacial score (nSPS) is 21.5. The molecule has 1 aromatic rings. The molecule has 0 unspecified atom stereocenters. The van der Waals surface area contributed by atoms with E-state index in [1.807, 2.05) is 6.07 Å². The lowest BCUT2D eigenvalue weighted by Crippen LogP contribution is -2.46. The molecule has 122 valence electrons. The summed E-state index contributed by atoms with van der Waals surface area (Å²) in [5.74, 6) is -5.56. The Kier molecular flexibility index (Phi) is 4.03. The van der Waals surface area contributed by atoms with E-state index >= 15 is 0 Å². The fraction of sp³-hybridized carbons (Fsp3) is 0.357. The van der Waals surface area contributed by atoms with E-state index in [4.69, 9.17) is 5.26 Å². The zero-order chi connectivity index (χ0) is 17.4. The van der Waals surface area contributed by atoms with Crippen molar-refractivity contribution in [3.8, 4) is 6.07 Å². The highest BCUT2D eigenvalue weighted by Crippen LogP contribution is 2.32. The van der Waals surface area contributed by atoms with Gasteiger partial charge in [-0.3, -0.25) is 9.69 Å². The molecule has 0 bridgehead atoms. The molecule has 9 heteroatoms. The number of halogens is 4. The smallest absolute Gasteiger partial charge is 0.319 e. The van der Waals surface area contributed by atoms with Gasteiger partial charge >= 0.3 is 18.4 Å². The molecule has 0 spiro atoms. The lowest BCUT2D eigenvalue weighted by atomic mass is 9.91. The first-order valence-corrected chi connectivity index (χ1v) is 6.42. The predicted octanol–water partition coefficient (Wildman–Crippen LogP) is 2.23. The summed E-state index contributed by atoms with van der Waals surface area (Å²) in [6, 6.07) is 6.22. The first-order chi connectivity index (χ1) is 10.6. The number of benzene rings is 1.